The van der Waals surface area contributed by atoms with Crippen molar-refractivity contribution in [3.05, 3.63) is 81.3 Å². The van der Waals surface area contributed by atoms with E-state index in [1.165, 1.54) is 11.3 Å². The van der Waals surface area contributed by atoms with E-state index in [4.69, 9.17) is 0 Å². The number of hydrogen-bond donors (Lipinski definition) is 0. The van der Waals surface area contributed by atoms with Gasteiger partial charge < -0.3 is 4.57 Å². The van der Waals surface area contributed by atoms with Crippen LogP contribution >= 0.6 is 11.3 Å². The standard InChI is InChI=1S/C24H23N3O4S/c1-16-13-20(17(2)26(16)14-18-7-4-3-5-8-18)21(28)15-27-23(30)22(29)25(24(27)31)11-10-19-9-6-12-32-19/h3-9,12-13H,10-11,14-15H2,1-2H3. The van der Waals surface area contributed by atoms with Crippen LogP contribution in [0, 0.1) is 13.8 Å². The second kappa shape index (κ2) is 8.92. The van der Waals surface area contributed by atoms with E-state index < -0.39 is 24.4 Å². The van der Waals surface area contributed by atoms with Crippen LogP contribution in [-0.4, -0.2) is 51.1 Å². The third-order valence-electron chi connectivity index (χ3n) is 5.66. The second-order valence-corrected chi connectivity index (χ2v) is 8.77. The number of thiophene rings is 1. The maximum atomic E-state index is 13.0. The van der Waals surface area contributed by atoms with Gasteiger partial charge in [0.05, 0.1) is 6.54 Å². The number of amides is 4. The predicted molar refractivity (Wildman–Crippen MR) is 121 cm³/mol. The van der Waals surface area contributed by atoms with Gasteiger partial charge in [0.25, 0.3) is 0 Å². The van der Waals surface area contributed by atoms with E-state index in [0.29, 0.717) is 18.5 Å². The number of benzene rings is 1. The summed E-state index contributed by atoms with van der Waals surface area (Å²) in [4.78, 5) is 53.1. The molecular formula is C24H23N3O4S. The first-order chi connectivity index (χ1) is 15.4. The Kier molecular flexibility index (Phi) is 6.05. The fourth-order valence-corrected chi connectivity index (χ4v) is 4.58. The quantitative estimate of drug-likeness (QED) is 0.300. The van der Waals surface area contributed by atoms with Gasteiger partial charge in [-0.1, -0.05) is 36.4 Å². The van der Waals surface area contributed by atoms with Crippen LogP contribution in [0.1, 0.15) is 32.2 Å². The van der Waals surface area contributed by atoms with Crippen molar-refractivity contribution in [2.75, 3.05) is 13.1 Å². The highest BCUT2D eigenvalue weighted by Crippen LogP contribution is 2.20. The fourth-order valence-electron chi connectivity index (χ4n) is 3.89. The Morgan fingerprint density at radius 1 is 0.938 bits per heavy atom. The highest BCUT2D eigenvalue weighted by molar-refractivity contribution is 7.09. The first-order valence-electron chi connectivity index (χ1n) is 10.3. The van der Waals surface area contributed by atoms with Crippen molar-refractivity contribution in [2.45, 2.75) is 26.8 Å². The van der Waals surface area contributed by atoms with Gasteiger partial charge in [-0.25, -0.2) is 9.69 Å². The van der Waals surface area contributed by atoms with E-state index in [-0.39, 0.29) is 12.3 Å². The van der Waals surface area contributed by atoms with Crippen LogP contribution in [0.15, 0.2) is 53.9 Å². The molecule has 8 heteroatoms. The van der Waals surface area contributed by atoms with Gasteiger partial charge in [0, 0.05) is 41.3 Å². The molecule has 7 nitrogen and oxygen atoms in total. The van der Waals surface area contributed by atoms with Crippen LogP contribution < -0.4 is 0 Å². The molecule has 0 atom stereocenters. The third kappa shape index (κ3) is 4.13. The monoisotopic (exact) mass is 449 g/mol. The lowest BCUT2D eigenvalue weighted by atomic mass is 10.1. The van der Waals surface area contributed by atoms with Crippen LogP contribution in [0.2, 0.25) is 0 Å². The fraction of sp³-hybridized carbons (Fsp3) is 0.250. The molecule has 1 aliphatic heterocycles. The van der Waals surface area contributed by atoms with E-state index in [0.717, 1.165) is 31.6 Å². The Hall–Kier alpha value is -3.52. The molecule has 0 unspecified atom stereocenters. The molecule has 0 spiro atoms. The number of nitrogens with zero attached hydrogens (tertiary/aromatic N) is 3. The molecule has 4 amide bonds. The summed E-state index contributed by atoms with van der Waals surface area (Å²) >= 11 is 1.52. The van der Waals surface area contributed by atoms with Crippen LogP contribution in [0.5, 0.6) is 0 Å². The van der Waals surface area contributed by atoms with Crippen molar-refractivity contribution in [3.8, 4) is 0 Å². The molecule has 3 heterocycles. The highest BCUT2D eigenvalue weighted by Gasteiger charge is 2.45. The molecule has 0 saturated carbocycles. The Morgan fingerprint density at radius 3 is 2.34 bits per heavy atom. The summed E-state index contributed by atoms with van der Waals surface area (Å²) in [5, 5.41) is 1.91. The Balaban J connectivity index is 1.47. The lowest BCUT2D eigenvalue weighted by Gasteiger charge is -2.15. The van der Waals surface area contributed by atoms with Gasteiger partial charge in [-0.05, 0) is 36.9 Å². The van der Waals surface area contributed by atoms with Crippen molar-refractivity contribution < 1.29 is 19.2 Å². The summed E-state index contributed by atoms with van der Waals surface area (Å²) in [6, 6.07) is 14.7. The smallest absolute Gasteiger partial charge is 0.334 e. The number of hydrogen-bond acceptors (Lipinski definition) is 5. The number of rotatable bonds is 8. The number of urea groups is 1. The van der Waals surface area contributed by atoms with Gasteiger partial charge in [0.1, 0.15) is 0 Å². The molecular weight excluding hydrogens is 426 g/mol. The van der Waals surface area contributed by atoms with Crippen LogP contribution in [-0.2, 0) is 22.6 Å². The lowest BCUT2D eigenvalue weighted by molar-refractivity contribution is -0.143. The average Bonchev–Trinajstić information content (AvgIpc) is 3.45. The minimum Gasteiger partial charge on any atom is -0.344 e. The SMILES string of the molecule is Cc1cc(C(=O)CN2C(=O)C(=O)N(CCc3cccs3)C2=O)c(C)n1Cc1ccccc1. The predicted octanol–water partition coefficient (Wildman–Crippen LogP) is 3.43. The highest BCUT2D eigenvalue weighted by atomic mass is 32.1. The summed E-state index contributed by atoms with van der Waals surface area (Å²) < 4.78 is 2.02. The first kappa shape index (κ1) is 21.7. The zero-order chi connectivity index (χ0) is 22.8. The maximum absolute atomic E-state index is 13.0. The Labute approximate surface area is 189 Å². The molecule has 0 N–H and O–H groups in total. The first-order valence-corrected chi connectivity index (χ1v) is 11.2. The number of imide groups is 2. The summed E-state index contributed by atoms with van der Waals surface area (Å²) in [7, 11) is 0. The average molecular weight is 450 g/mol. The van der Waals surface area contributed by atoms with Gasteiger partial charge in [-0.15, -0.1) is 11.3 Å². The van der Waals surface area contributed by atoms with E-state index in [2.05, 4.69) is 0 Å². The minimum absolute atomic E-state index is 0.111. The number of Topliss-reactive ketones (excluding diaryl/α,β-unsaturated/α-hetero) is 1. The summed E-state index contributed by atoms with van der Waals surface area (Å²) in [6.07, 6.45) is 0.477. The summed E-state index contributed by atoms with van der Waals surface area (Å²) in [5.41, 5.74) is 3.22. The Bertz CT molecular complexity index is 1180. The molecule has 32 heavy (non-hydrogen) atoms. The van der Waals surface area contributed by atoms with E-state index in [1.54, 1.807) is 6.07 Å². The van der Waals surface area contributed by atoms with Crippen molar-refractivity contribution in [1.82, 2.24) is 14.4 Å². The number of carbonyl (C=O) groups excluding carboxylic acids is 4. The van der Waals surface area contributed by atoms with E-state index in [1.807, 2.05) is 66.3 Å². The third-order valence-corrected chi connectivity index (χ3v) is 6.59. The molecule has 1 aliphatic rings. The van der Waals surface area contributed by atoms with Gasteiger partial charge in [-0.3, -0.25) is 19.3 Å². The van der Waals surface area contributed by atoms with Crippen LogP contribution in [0.3, 0.4) is 0 Å². The van der Waals surface area contributed by atoms with Gasteiger partial charge in [0.2, 0.25) is 0 Å². The normalized spacial score (nSPS) is 14.0. The van der Waals surface area contributed by atoms with Crippen molar-refractivity contribution >= 4 is 35.0 Å². The number of aryl methyl sites for hydroxylation is 1. The van der Waals surface area contributed by atoms with Gasteiger partial charge in [-0.2, -0.15) is 0 Å². The zero-order valence-corrected chi connectivity index (χ0v) is 18.7. The minimum atomic E-state index is -0.951. The molecule has 1 fully saturated rings. The number of ketones is 1. The largest absolute Gasteiger partial charge is 0.344 e. The zero-order valence-electron chi connectivity index (χ0n) is 17.9. The number of carbonyl (C=O) groups is 4. The molecule has 164 valence electrons. The molecule has 1 saturated heterocycles. The van der Waals surface area contributed by atoms with Crippen molar-refractivity contribution in [3.63, 3.8) is 0 Å². The second-order valence-electron chi connectivity index (χ2n) is 7.74. The van der Waals surface area contributed by atoms with Crippen LogP contribution in [0.25, 0.3) is 0 Å². The topological polar surface area (TPSA) is 79.7 Å². The lowest BCUT2D eigenvalue weighted by Crippen LogP contribution is -2.37. The van der Waals surface area contributed by atoms with Gasteiger partial charge in [0.15, 0.2) is 5.78 Å². The molecule has 4 rings (SSSR count). The van der Waals surface area contributed by atoms with Crippen molar-refractivity contribution in [1.29, 1.82) is 0 Å². The van der Waals surface area contributed by atoms with Crippen molar-refractivity contribution in [2.24, 2.45) is 0 Å². The molecule has 0 radical (unpaired) electrons. The van der Waals surface area contributed by atoms with E-state index in [9.17, 15) is 19.2 Å². The molecule has 3 aromatic rings. The molecule has 2 aromatic heterocycles. The van der Waals surface area contributed by atoms with E-state index >= 15 is 0 Å². The molecule has 1 aromatic carbocycles. The molecule has 0 aliphatic carbocycles. The molecule has 0 bridgehead atoms. The number of aromatic nitrogens is 1. The summed E-state index contributed by atoms with van der Waals surface area (Å²) in [5.74, 6) is -2.20. The van der Waals surface area contributed by atoms with Gasteiger partial charge >= 0.3 is 17.8 Å². The summed E-state index contributed by atoms with van der Waals surface area (Å²) in [6.45, 7) is 4.03. The Morgan fingerprint density at radius 2 is 1.66 bits per heavy atom. The van der Waals surface area contributed by atoms with Crippen LogP contribution in [0.4, 0.5) is 4.79 Å². The maximum Gasteiger partial charge on any atom is 0.334 e.